The van der Waals surface area contributed by atoms with Crippen LogP contribution in [0, 0.1) is 0 Å². The number of nitrogens with zero attached hydrogens (tertiary/aromatic N) is 4. The summed E-state index contributed by atoms with van der Waals surface area (Å²) in [5.41, 5.74) is 3.14. The number of fused-ring (bicyclic) bond motifs is 1. The summed E-state index contributed by atoms with van der Waals surface area (Å²) in [6.45, 7) is 6.29. The number of rotatable bonds is 8. The molecule has 1 aliphatic heterocycles. The summed E-state index contributed by atoms with van der Waals surface area (Å²) in [6, 6.07) is 7.68. The van der Waals surface area contributed by atoms with Crippen molar-refractivity contribution in [2.75, 3.05) is 19.8 Å². The Morgan fingerprint density at radius 3 is 2.52 bits per heavy atom. The summed E-state index contributed by atoms with van der Waals surface area (Å²) < 4.78 is 16.8. The number of aromatic nitrogens is 3. The van der Waals surface area contributed by atoms with E-state index >= 15 is 0 Å². The first-order chi connectivity index (χ1) is 15.2. The van der Waals surface area contributed by atoms with Gasteiger partial charge in [0.15, 0.2) is 11.5 Å². The Labute approximate surface area is 181 Å². The van der Waals surface area contributed by atoms with E-state index in [9.17, 15) is 4.79 Å². The second kappa shape index (κ2) is 9.59. The zero-order valence-electron chi connectivity index (χ0n) is 17.8. The molecule has 0 saturated heterocycles. The second-order valence-corrected chi connectivity index (χ2v) is 7.25. The highest BCUT2D eigenvalue weighted by Crippen LogP contribution is 2.34. The largest absolute Gasteiger partial charge is 0.490 e. The fourth-order valence-electron chi connectivity index (χ4n) is 3.66. The van der Waals surface area contributed by atoms with Gasteiger partial charge in [0.25, 0.3) is 0 Å². The van der Waals surface area contributed by atoms with Crippen LogP contribution in [-0.2, 0) is 24.2 Å². The SMILES string of the molecule is CCOc1cc2c(cc1OCC)CN(C(=O)CCc1nc(-c3ccncc3)no1)CC2. The first-order valence-corrected chi connectivity index (χ1v) is 10.6. The number of ether oxygens (including phenoxy) is 2. The number of benzene rings is 1. The smallest absolute Gasteiger partial charge is 0.227 e. The van der Waals surface area contributed by atoms with Crippen LogP contribution in [0.3, 0.4) is 0 Å². The van der Waals surface area contributed by atoms with Crippen LogP contribution in [0.15, 0.2) is 41.2 Å². The van der Waals surface area contributed by atoms with E-state index < -0.39 is 0 Å². The average molecular weight is 422 g/mol. The Bertz CT molecular complexity index is 1040. The third-order valence-corrected chi connectivity index (χ3v) is 5.19. The van der Waals surface area contributed by atoms with Crippen LogP contribution in [0.1, 0.15) is 37.3 Å². The third kappa shape index (κ3) is 4.84. The third-order valence-electron chi connectivity index (χ3n) is 5.19. The molecule has 8 heteroatoms. The van der Waals surface area contributed by atoms with Gasteiger partial charge in [-0.05, 0) is 55.7 Å². The lowest BCUT2D eigenvalue weighted by atomic mass is 9.98. The monoisotopic (exact) mass is 422 g/mol. The average Bonchev–Trinajstić information content (AvgIpc) is 3.27. The van der Waals surface area contributed by atoms with E-state index in [0.717, 1.165) is 29.0 Å². The fourth-order valence-corrected chi connectivity index (χ4v) is 3.66. The number of amides is 1. The molecule has 0 spiro atoms. The first kappa shape index (κ1) is 20.8. The van der Waals surface area contributed by atoms with Gasteiger partial charge in [-0.1, -0.05) is 5.16 Å². The molecule has 0 radical (unpaired) electrons. The quantitative estimate of drug-likeness (QED) is 0.549. The molecule has 0 bridgehead atoms. The van der Waals surface area contributed by atoms with Crippen LogP contribution < -0.4 is 9.47 Å². The van der Waals surface area contributed by atoms with Crippen molar-refractivity contribution in [1.29, 1.82) is 0 Å². The minimum Gasteiger partial charge on any atom is -0.490 e. The van der Waals surface area contributed by atoms with Crippen LogP contribution in [-0.4, -0.2) is 45.7 Å². The normalized spacial score (nSPS) is 13.0. The molecule has 0 fully saturated rings. The van der Waals surface area contributed by atoms with E-state index in [1.54, 1.807) is 12.4 Å². The van der Waals surface area contributed by atoms with Gasteiger partial charge in [-0.15, -0.1) is 0 Å². The number of pyridine rings is 1. The van der Waals surface area contributed by atoms with Gasteiger partial charge in [-0.2, -0.15) is 4.98 Å². The van der Waals surface area contributed by atoms with Crippen molar-refractivity contribution < 1.29 is 18.8 Å². The fraction of sp³-hybridized carbons (Fsp3) is 0.391. The van der Waals surface area contributed by atoms with Crippen LogP contribution >= 0.6 is 0 Å². The highest BCUT2D eigenvalue weighted by molar-refractivity contribution is 5.76. The Kier molecular flexibility index (Phi) is 6.45. The molecule has 0 aliphatic carbocycles. The molecule has 0 saturated carbocycles. The molecular weight excluding hydrogens is 396 g/mol. The number of hydrogen-bond acceptors (Lipinski definition) is 7. The lowest BCUT2D eigenvalue weighted by molar-refractivity contribution is -0.132. The summed E-state index contributed by atoms with van der Waals surface area (Å²) in [4.78, 5) is 23.1. The lowest BCUT2D eigenvalue weighted by Crippen LogP contribution is -2.36. The Balaban J connectivity index is 1.39. The summed E-state index contributed by atoms with van der Waals surface area (Å²) in [5.74, 6) is 2.53. The predicted molar refractivity (Wildman–Crippen MR) is 114 cm³/mol. The molecule has 0 atom stereocenters. The number of hydrogen-bond donors (Lipinski definition) is 0. The van der Waals surface area contributed by atoms with Crippen molar-refractivity contribution in [3.05, 3.63) is 53.7 Å². The molecule has 2 aromatic heterocycles. The number of carbonyl (C=O) groups is 1. The van der Waals surface area contributed by atoms with Crippen molar-refractivity contribution in [3.63, 3.8) is 0 Å². The molecular formula is C23H26N4O4. The van der Waals surface area contributed by atoms with E-state index in [1.807, 2.05) is 43.0 Å². The zero-order valence-corrected chi connectivity index (χ0v) is 17.8. The molecule has 3 aromatic rings. The molecule has 1 aromatic carbocycles. The molecule has 1 aliphatic rings. The molecule has 0 unspecified atom stereocenters. The predicted octanol–water partition coefficient (Wildman–Crippen LogP) is 3.45. The van der Waals surface area contributed by atoms with E-state index in [2.05, 4.69) is 15.1 Å². The van der Waals surface area contributed by atoms with E-state index in [-0.39, 0.29) is 5.91 Å². The van der Waals surface area contributed by atoms with Gasteiger partial charge < -0.3 is 18.9 Å². The summed E-state index contributed by atoms with van der Waals surface area (Å²) >= 11 is 0. The maximum Gasteiger partial charge on any atom is 0.227 e. The summed E-state index contributed by atoms with van der Waals surface area (Å²) in [6.07, 6.45) is 4.88. The van der Waals surface area contributed by atoms with Gasteiger partial charge >= 0.3 is 0 Å². The first-order valence-electron chi connectivity index (χ1n) is 10.6. The minimum absolute atomic E-state index is 0.0705. The molecule has 8 nitrogen and oxygen atoms in total. The molecule has 0 N–H and O–H groups in total. The van der Waals surface area contributed by atoms with Crippen molar-refractivity contribution in [2.45, 2.75) is 39.7 Å². The molecule has 162 valence electrons. The number of carbonyl (C=O) groups excluding carboxylic acids is 1. The van der Waals surface area contributed by atoms with Crippen molar-refractivity contribution in [2.24, 2.45) is 0 Å². The highest BCUT2D eigenvalue weighted by atomic mass is 16.5. The highest BCUT2D eigenvalue weighted by Gasteiger charge is 2.23. The molecule has 31 heavy (non-hydrogen) atoms. The topological polar surface area (TPSA) is 90.6 Å². The van der Waals surface area contributed by atoms with Crippen molar-refractivity contribution in [3.8, 4) is 22.9 Å². The molecule has 3 heterocycles. The summed E-state index contributed by atoms with van der Waals surface area (Å²) in [5, 5.41) is 3.99. The Morgan fingerprint density at radius 2 is 1.81 bits per heavy atom. The van der Waals surface area contributed by atoms with Gasteiger partial charge in [0.05, 0.1) is 13.2 Å². The van der Waals surface area contributed by atoms with Crippen molar-refractivity contribution >= 4 is 5.91 Å². The Morgan fingerprint density at radius 1 is 1.10 bits per heavy atom. The van der Waals surface area contributed by atoms with Gasteiger partial charge in [-0.25, -0.2) is 0 Å². The van der Waals surface area contributed by atoms with E-state index in [0.29, 0.717) is 50.9 Å². The van der Waals surface area contributed by atoms with Gasteiger partial charge in [0, 0.05) is 43.9 Å². The van der Waals surface area contributed by atoms with Gasteiger partial charge in [0.2, 0.25) is 17.6 Å². The van der Waals surface area contributed by atoms with Crippen LogP contribution in [0.2, 0.25) is 0 Å². The maximum atomic E-state index is 12.8. The van der Waals surface area contributed by atoms with Crippen LogP contribution in [0.25, 0.3) is 11.4 Å². The summed E-state index contributed by atoms with van der Waals surface area (Å²) in [7, 11) is 0. The zero-order chi connectivity index (χ0) is 21.6. The lowest BCUT2D eigenvalue weighted by Gasteiger charge is -2.30. The molecule has 4 rings (SSSR count). The maximum absolute atomic E-state index is 12.8. The van der Waals surface area contributed by atoms with Crippen LogP contribution in [0.4, 0.5) is 0 Å². The molecule has 1 amide bonds. The van der Waals surface area contributed by atoms with Crippen molar-refractivity contribution in [1.82, 2.24) is 20.0 Å². The second-order valence-electron chi connectivity index (χ2n) is 7.25. The van der Waals surface area contributed by atoms with Gasteiger partial charge in [-0.3, -0.25) is 9.78 Å². The van der Waals surface area contributed by atoms with E-state index in [1.165, 1.54) is 5.56 Å². The number of aryl methyl sites for hydroxylation is 1. The minimum atomic E-state index is 0.0705. The van der Waals surface area contributed by atoms with E-state index in [4.69, 9.17) is 14.0 Å². The van der Waals surface area contributed by atoms with Crippen LogP contribution in [0.5, 0.6) is 11.5 Å². The van der Waals surface area contributed by atoms with Gasteiger partial charge in [0.1, 0.15) is 0 Å². The Hall–Kier alpha value is -3.42. The standard InChI is InChI=1S/C23H26N4O4/c1-3-29-19-13-17-9-12-27(15-18(17)14-20(19)30-4-2)22(28)6-5-21-25-23(26-31-21)16-7-10-24-11-8-16/h7-8,10-11,13-14H,3-6,9,12,15H2,1-2H3.